The number of allylic oxidation sites excluding steroid dienone is 1. The number of hydrogen-bond donors (Lipinski definition) is 1. The number of alkyl carbamates (subject to hydrolysis) is 1. The molecule has 0 bridgehead atoms. The second-order valence-corrected chi connectivity index (χ2v) is 18.3. The van der Waals surface area contributed by atoms with Crippen LogP contribution in [-0.4, -0.2) is 94.4 Å². The van der Waals surface area contributed by atoms with Crippen LogP contribution in [0, 0.1) is 0 Å². The summed E-state index contributed by atoms with van der Waals surface area (Å²) in [6.45, 7) is 12.9. The predicted octanol–water partition coefficient (Wildman–Crippen LogP) is 13.8. The zero-order chi connectivity index (χ0) is 45.5. The molecule has 370 valence electrons. The number of amides is 1. The highest BCUT2D eigenvalue weighted by atomic mass is 16.6. The van der Waals surface area contributed by atoms with E-state index in [4.69, 9.17) is 23.7 Å². The molecule has 0 spiro atoms. The van der Waals surface area contributed by atoms with Crippen LogP contribution in [0.1, 0.15) is 239 Å². The first-order valence-electron chi connectivity index (χ1n) is 26.8. The molecule has 1 amide bonds. The van der Waals surface area contributed by atoms with Crippen molar-refractivity contribution in [3.8, 4) is 0 Å². The maximum atomic E-state index is 13.2. The minimum Gasteiger partial charge on any atom is -0.466 e. The van der Waals surface area contributed by atoms with E-state index < -0.39 is 30.2 Å². The lowest BCUT2D eigenvalue weighted by atomic mass is 10.1. The third kappa shape index (κ3) is 39.9. The normalized spacial score (nSPS) is 13.8. The Hall–Kier alpha value is -2.17. The van der Waals surface area contributed by atoms with Crippen LogP contribution in [0.4, 0.5) is 4.79 Å². The number of esters is 2. The SMILES string of the molecule is C=CCCCCCCCCCOC(=O)CC(NC(=O)OCC(COCCCCCCCCCCCCCC)OCCCCCCCCCCCCCC)C(=O)OCCN1CCCC1. The summed E-state index contributed by atoms with van der Waals surface area (Å²) in [5.74, 6) is -1.21. The molecule has 0 aromatic carbocycles. The van der Waals surface area contributed by atoms with Gasteiger partial charge in [0.2, 0.25) is 0 Å². The molecular weight excluding hydrogens is 793 g/mol. The van der Waals surface area contributed by atoms with Gasteiger partial charge in [0.05, 0.1) is 19.6 Å². The van der Waals surface area contributed by atoms with Crippen LogP contribution in [0.5, 0.6) is 0 Å². The first kappa shape index (κ1) is 58.8. The Balaban J connectivity index is 2.56. The molecule has 1 aliphatic heterocycles. The molecule has 2 atom stereocenters. The smallest absolute Gasteiger partial charge is 0.407 e. The zero-order valence-electron chi connectivity index (χ0n) is 41.3. The van der Waals surface area contributed by atoms with Gasteiger partial charge in [-0.25, -0.2) is 9.59 Å². The summed E-state index contributed by atoms with van der Waals surface area (Å²) in [7, 11) is 0. The van der Waals surface area contributed by atoms with Gasteiger partial charge in [0.1, 0.15) is 25.4 Å². The number of hydrogen-bond acceptors (Lipinski definition) is 9. The standard InChI is InChI=1S/C53H100N2O8/c1-4-7-10-13-16-19-21-23-26-28-31-36-42-59-47-49(60-43-37-32-29-27-24-22-20-17-14-11-8-5-2)48-63-53(58)54-50(52(57)62-45-41-55-39-34-35-40-55)46-51(56)61-44-38-33-30-25-18-15-12-9-6-3/h6,49-50H,3-5,7-48H2,1-2H3,(H,54,58). The number of nitrogens with zero attached hydrogens (tertiary/aromatic N) is 1. The number of likely N-dealkylation sites (tertiary alicyclic amines) is 1. The van der Waals surface area contributed by atoms with E-state index >= 15 is 0 Å². The van der Waals surface area contributed by atoms with Crippen molar-refractivity contribution in [1.29, 1.82) is 0 Å². The maximum Gasteiger partial charge on any atom is 0.407 e. The average Bonchev–Trinajstić information content (AvgIpc) is 3.81. The van der Waals surface area contributed by atoms with Crippen molar-refractivity contribution in [2.45, 2.75) is 251 Å². The van der Waals surface area contributed by atoms with Gasteiger partial charge in [0, 0.05) is 19.8 Å². The van der Waals surface area contributed by atoms with Crippen molar-refractivity contribution in [3.05, 3.63) is 12.7 Å². The van der Waals surface area contributed by atoms with Crippen LogP contribution in [-0.2, 0) is 33.3 Å². The molecule has 63 heavy (non-hydrogen) atoms. The minimum absolute atomic E-state index is 0.0159. The number of ether oxygens (including phenoxy) is 5. The van der Waals surface area contributed by atoms with E-state index in [0.717, 1.165) is 77.3 Å². The van der Waals surface area contributed by atoms with Gasteiger partial charge in [-0.15, -0.1) is 6.58 Å². The maximum absolute atomic E-state index is 13.2. The van der Waals surface area contributed by atoms with Crippen molar-refractivity contribution < 1.29 is 38.1 Å². The fourth-order valence-corrected chi connectivity index (χ4v) is 8.21. The molecule has 1 rings (SSSR count). The summed E-state index contributed by atoms with van der Waals surface area (Å²) in [6, 6.07) is -1.21. The number of carbonyl (C=O) groups is 3. The van der Waals surface area contributed by atoms with Gasteiger partial charge >= 0.3 is 18.0 Å². The van der Waals surface area contributed by atoms with Gasteiger partial charge in [-0.05, 0) is 58.0 Å². The van der Waals surface area contributed by atoms with Crippen LogP contribution < -0.4 is 5.32 Å². The van der Waals surface area contributed by atoms with Gasteiger partial charge in [0.25, 0.3) is 0 Å². The zero-order valence-corrected chi connectivity index (χ0v) is 41.3. The molecule has 0 saturated carbocycles. The Kier molecular flexibility index (Phi) is 43.3. The lowest BCUT2D eigenvalue weighted by molar-refractivity contribution is -0.153. The molecule has 1 aliphatic rings. The summed E-state index contributed by atoms with van der Waals surface area (Å²) in [5, 5.41) is 2.61. The summed E-state index contributed by atoms with van der Waals surface area (Å²) in [6.07, 6.45) is 42.2. The van der Waals surface area contributed by atoms with Crippen molar-refractivity contribution >= 4 is 18.0 Å². The number of nitrogens with one attached hydrogen (secondary N) is 1. The lowest BCUT2D eigenvalue weighted by Crippen LogP contribution is -2.45. The van der Waals surface area contributed by atoms with Gasteiger partial charge in [0.15, 0.2) is 0 Å². The first-order valence-corrected chi connectivity index (χ1v) is 26.8. The van der Waals surface area contributed by atoms with Crippen molar-refractivity contribution in [3.63, 3.8) is 0 Å². The Morgan fingerprint density at radius 2 is 1.00 bits per heavy atom. The molecule has 0 aromatic heterocycles. The third-order valence-corrected chi connectivity index (χ3v) is 12.3. The number of rotatable bonds is 48. The Labute approximate surface area is 387 Å². The Bertz CT molecular complexity index is 1040. The van der Waals surface area contributed by atoms with Crippen molar-refractivity contribution in [2.24, 2.45) is 0 Å². The molecule has 0 radical (unpaired) electrons. The van der Waals surface area contributed by atoms with E-state index in [1.807, 2.05) is 6.08 Å². The second kappa shape index (κ2) is 46.4. The second-order valence-electron chi connectivity index (χ2n) is 18.3. The molecule has 1 fully saturated rings. The summed E-state index contributed by atoms with van der Waals surface area (Å²) in [4.78, 5) is 41.5. The van der Waals surface area contributed by atoms with Crippen LogP contribution in [0.15, 0.2) is 12.7 Å². The average molecular weight is 893 g/mol. The van der Waals surface area contributed by atoms with Crippen LogP contribution in [0.25, 0.3) is 0 Å². The summed E-state index contributed by atoms with van der Waals surface area (Å²) >= 11 is 0. The highest BCUT2D eigenvalue weighted by Crippen LogP contribution is 2.15. The Morgan fingerprint density at radius 1 is 0.540 bits per heavy atom. The molecule has 0 aromatic rings. The Morgan fingerprint density at radius 3 is 1.51 bits per heavy atom. The molecule has 2 unspecified atom stereocenters. The fourth-order valence-electron chi connectivity index (χ4n) is 8.21. The van der Waals surface area contributed by atoms with Crippen molar-refractivity contribution in [2.75, 3.05) is 59.3 Å². The molecule has 1 heterocycles. The van der Waals surface area contributed by atoms with Gasteiger partial charge in [-0.3, -0.25) is 9.69 Å². The molecular formula is C53H100N2O8. The van der Waals surface area contributed by atoms with Gasteiger partial charge in [-0.1, -0.05) is 193 Å². The molecule has 10 nitrogen and oxygen atoms in total. The lowest BCUT2D eigenvalue weighted by Gasteiger charge is -2.21. The van der Waals surface area contributed by atoms with Crippen molar-refractivity contribution in [1.82, 2.24) is 10.2 Å². The van der Waals surface area contributed by atoms with E-state index in [9.17, 15) is 14.4 Å². The van der Waals surface area contributed by atoms with E-state index in [1.54, 1.807) is 0 Å². The highest BCUT2D eigenvalue weighted by molar-refractivity contribution is 5.86. The first-order chi connectivity index (χ1) is 31.0. The van der Waals surface area contributed by atoms with E-state index in [-0.39, 0.29) is 26.2 Å². The highest BCUT2D eigenvalue weighted by Gasteiger charge is 2.28. The fraction of sp³-hybridized carbons (Fsp3) is 0.906. The van der Waals surface area contributed by atoms with E-state index in [0.29, 0.717) is 26.4 Å². The van der Waals surface area contributed by atoms with E-state index in [2.05, 4.69) is 30.6 Å². The largest absolute Gasteiger partial charge is 0.466 e. The number of carbonyl (C=O) groups excluding carboxylic acids is 3. The minimum atomic E-state index is -1.21. The predicted molar refractivity (Wildman–Crippen MR) is 260 cm³/mol. The van der Waals surface area contributed by atoms with Crippen LogP contribution >= 0.6 is 0 Å². The molecule has 1 saturated heterocycles. The molecule has 0 aliphatic carbocycles. The third-order valence-electron chi connectivity index (χ3n) is 12.3. The monoisotopic (exact) mass is 893 g/mol. The van der Waals surface area contributed by atoms with E-state index in [1.165, 1.54) is 154 Å². The topological polar surface area (TPSA) is 113 Å². The summed E-state index contributed by atoms with van der Waals surface area (Å²) in [5.41, 5.74) is 0. The van der Waals surface area contributed by atoms with Gasteiger partial charge < -0.3 is 29.0 Å². The molecule has 1 N–H and O–H groups in total. The van der Waals surface area contributed by atoms with Gasteiger partial charge in [-0.2, -0.15) is 0 Å². The number of unbranched alkanes of at least 4 members (excludes halogenated alkanes) is 29. The molecule has 10 heteroatoms. The van der Waals surface area contributed by atoms with Crippen LogP contribution in [0.2, 0.25) is 0 Å². The van der Waals surface area contributed by atoms with Crippen LogP contribution in [0.3, 0.4) is 0 Å². The summed E-state index contributed by atoms with van der Waals surface area (Å²) < 4.78 is 28.9. The quantitative estimate of drug-likeness (QED) is 0.0276.